The largest absolute Gasteiger partial charge is 0.455 e. The number of thioether (sulfide) groups is 2. The van der Waals surface area contributed by atoms with Crippen LogP contribution in [-0.2, 0) is 6.54 Å². The third kappa shape index (κ3) is 4.47. The Morgan fingerprint density at radius 3 is 2.68 bits per heavy atom. The first-order chi connectivity index (χ1) is 9.16. The normalized spacial score (nSPS) is 17.2. The number of nitrogens with zero attached hydrogens (tertiary/aromatic N) is 1. The Bertz CT molecular complexity index is 413. The quantitative estimate of drug-likeness (QED) is 0.920. The van der Waals surface area contributed by atoms with Crippen molar-refractivity contribution in [3.05, 3.63) is 23.7 Å². The molecule has 6 heteroatoms. The van der Waals surface area contributed by atoms with E-state index >= 15 is 0 Å². The van der Waals surface area contributed by atoms with E-state index in [0.29, 0.717) is 18.3 Å². The molecule has 1 aromatic heterocycles. The van der Waals surface area contributed by atoms with Crippen molar-refractivity contribution in [2.24, 2.45) is 0 Å². The number of hydrogen-bond donors (Lipinski definition) is 1. The molecule has 1 aliphatic rings. The second kappa shape index (κ2) is 7.26. The Balaban J connectivity index is 1.84. The summed E-state index contributed by atoms with van der Waals surface area (Å²) in [6.07, 6.45) is 0. The Labute approximate surface area is 122 Å². The molecule has 19 heavy (non-hydrogen) atoms. The standard InChI is InChI=1S/C13H20N2O2S2/c1-15(2)13(16)12-4-3-11(17-12)7-14-10-8-18-5-6-19-9-10/h3-4,10,14H,5-9H2,1-2H3. The first-order valence-electron chi connectivity index (χ1n) is 6.36. The first kappa shape index (κ1) is 14.8. The minimum atomic E-state index is -0.0909. The predicted molar refractivity (Wildman–Crippen MR) is 82.0 cm³/mol. The van der Waals surface area contributed by atoms with Gasteiger partial charge >= 0.3 is 0 Å². The molecule has 0 unspecified atom stereocenters. The van der Waals surface area contributed by atoms with E-state index < -0.39 is 0 Å². The third-order valence-corrected chi connectivity index (χ3v) is 5.37. The van der Waals surface area contributed by atoms with E-state index in [4.69, 9.17) is 4.42 Å². The van der Waals surface area contributed by atoms with E-state index in [1.54, 1.807) is 20.2 Å². The van der Waals surface area contributed by atoms with Crippen molar-refractivity contribution in [2.45, 2.75) is 12.6 Å². The molecule has 1 saturated heterocycles. The van der Waals surface area contributed by atoms with Crippen molar-refractivity contribution in [2.75, 3.05) is 37.1 Å². The van der Waals surface area contributed by atoms with Gasteiger partial charge in [-0.1, -0.05) is 0 Å². The Hall–Kier alpha value is -0.590. The van der Waals surface area contributed by atoms with Gasteiger partial charge in [-0.3, -0.25) is 4.79 Å². The molecule has 2 rings (SSSR count). The van der Waals surface area contributed by atoms with Crippen LogP contribution in [-0.4, -0.2) is 54.0 Å². The maximum Gasteiger partial charge on any atom is 0.289 e. The Morgan fingerprint density at radius 1 is 1.37 bits per heavy atom. The number of nitrogens with one attached hydrogen (secondary N) is 1. The second-order valence-electron chi connectivity index (χ2n) is 4.69. The smallest absolute Gasteiger partial charge is 0.289 e. The lowest BCUT2D eigenvalue weighted by atomic mass is 10.3. The van der Waals surface area contributed by atoms with Crippen molar-refractivity contribution < 1.29 is 9.21 Å². The molecular formula is C13H20N2O2S2. The summed E-state index contributed by atoms with van der Waals surface area (Å²) in [5.41, 5.74) is 0. The molecule has 1 aliphatic heterocycles. The van der Waals surface area contributed by atoms with Gasteiger partial charge in [0.1, 0.15) is 5.76 Å². The lowest BCUT2D eigenvalue weighted by molar-refractivity contribution is 0.0794. The molecule has 0 aliphatic carbocycles. The highest BCUT2D eigenvalue weighted by Gasteiger charge is 2.15. The predicted octanol–water partition coefficient (Wildman–Crippen LogP) is 1.92. The van der Waals surface area contributed by atoms with Gasteiger partial charge in [0.15, 0.2) is 5.76 Å². The SMILES string of the molecule is CN(C)C(=O)c1ccc(CNC2CSCCSC2)o1. The number of carbonyl (C=O) groups is 1. The monoisotopic (exact) mass is 300 g/mol. The lowest BCUT2D eigenvalue weighted by Gasteiger charge is -2.14. The summed E-state index contributed by atoms with van der Waals surface area (Å²) in [6.45, 7) is 0.687. The van der Waals surface area contributed by atoms with Crippen LogP contribution in [0, 0.1) is 0 Å². The van der Waals surface area contributed by atoms with Crippen LogP contribution in [0.1, 0.15) is 16.3 Å². The molecule has 1 aromatic rings. The molecule has 4 nitrogen and oxygen atoms in total. The van der Waals surface area contributed by atoms with Gasteiger partial charge in [-0.25, -0.2) is 0 Å². The zero-order valence-electron chi connectivity index (χ0n) is 11.3. The molecule has 1 fully saturated rings. The summed E-state index contributed by atoms with van der Waals surface area (Å²) in [5.74, 6) is 5.92. The van der Waals surface area contributed by atoms with E-state index in [1.165, 1.54) is 16.4 Å². The van der Waals surface area contributed by atoms with Gasteiger partial charge in [0.05, 0.1) is 6.54 Å². The first-order valence-corrected chi connectivity index (χ1v) is 8.67. The highest BCUT2D eigenvalue weighted by molar-refractivity contribution is 8.03. The van der Waals surface area contributed by atoms with Crippen LogP contribution in [0.5, 0.6) is 0 Å². The van der Waals surface area contributed by atoms with E-state index in [2.05, 4.69) is 5.32 Å². The van der Waals surface area contributed by atoms with Crippen molar-refractivity contribution in [3.63, 3.8) is 0 Å². The molecule has 106 valence electrons. The Kier molecular flexibility index (Phi) is 5.66. The molecule has 0 aromatic carbocycles. The molecule has 0 radical (unpaired) electrons. The number of hydrogen-bond acceptors (Lipinski definition) is 5. The van der Waals surface area contributed by atoms with Crippen molar-refractivity contribution in [1.29, 1.82) is 0 Å². The summed E-state index contributed by atoms with van der Waals surface area (Å²) >= 11 is 4.00. The average molecular weight is 300 g/mol. The number of rotatable bonds is 4. The van der Waals surface area contributed by atoms with Crippen molar-refractivity contribution >= 4 is 29.4 Å². The highest BCUT2D eigenvalue weighted by atomic mass is 32.2. The van der Waals surface area contributed by atoms with E-state index in [-0.39, 0.29) is 5.91 Å². The zero-order valence-corrected chi connectivity index (χ0v) is 13.0. The molecular weight excluding hydrogens is 280 g/mol. The van der Waals surface area contributed by atoms with Crippen LogP contribution in [0.3, 0.4) is 0 Å². The van der Waals surface area contributed by atoms with Crippen molar-refractivity contribution in [3.8, 4) is 0 Å². The summed E-state index contributed by atoms with van der Waals surface area (Å²) in [6, 6.07) is 4.15. The maximum atomic E-state index is 11.7. The van der Waals surface area contributed by atoms with Gasteiger partial charge < -0.3 is 14.6 Å². The fourth-order valence-corrected chi connectivity index (χ4v) is 4.25. The van der Waals surface area contributed by atoms with Crippen molar-refractivity contribution in [1.82, 2.24) is 10.2 Å². The van der Waals surface area contributed by atoms with Gasteiger partial charge in [0.2, 0.25) is 0 Å². The zero-order chi connectivity index (χ0) is 13.7. The molecule has 0 saturated carbocycles. The third-order valence-electron chi connectivity index (χ3n) is 2.85. The van der Waals surface area contributed by atoms with Crippen LogP contribution < -0.4 is 5.32 Å². The Morgan fingerprint density at radius 2 is 2.05 bits per heavy atom. The van der Waals surface area contributed by atoms with E-state index in [1.807, 2.05) is 29.6 Å². The molecule has 1 N–H and O–H groups in total. The van der Waals surface area contributed by atoms with E-state index in [0.717, 1.165) is 17.3 Å². The van der Waals surface area contributed by atoms with Crippen LogP contribution in [0.15, 0.2) is 16.5 Å². The molecule has 1 amide bonds. The lowest BCUT2D eigenvalue weighted by Crippen LogP contribution is -2.32. The van der Waals surface area contributed by atoms with Crippen LogP contribution in [0.2, 0.25) is 0 Å². The number of carbonyl (C=O) groups excluding carboxylic acids is 1. The van der Waals surface area contributed by atoms with Gasteiger partial charge in [0, 0.05) is 43.1 Å². The minimum absolute atomic E-state index is 0.0909. The maximum absolute atomic E-state index is 11.7. The molecule has 0 bridgehead atoms. The van der Waals surface area contributed by atoms with Gasteiger partial charge in [-0.05, 0) is 12.1 Å². The second-order valence-corrected chi connectivity index (χ2v) is 6.99. The molecule has 0 spiro atoms. The van der Waals surface area contributed by atoms with Gasteiger partial charge in [-0.15, -0.1) is 0 Å². The fraction of sp³-hybridized carbons (Fsp3) is 0.615. The fourth-order valence-electron chi connectivity index (χ4n) is 1.79. The van der Waals surface area contributed by atoms with Crippen LogP contribution in [0.4, 0.5) is 0 Å². The number of amides is 1. The highest BCUT2D eigenvalue weighted by Crippen LogP contribution is 2.17. The summed E-state index contributed by atoms with van der Waals surface area (Å²) in [7, 11) is 3.45. The molecule has 0 atom stereocenters. The van der Waals surface area contributed by atoms with Gasteiger partial charge in [0.25, 0.3) is 5.91 Å². The number of furan rings is 1. The molecule has 2 heterocycles. The van der Waals surface area contributed by atoms with Crippen LogP contribution in [0.25, 0.3) is 0 Å². The van der Waals surface area contributed by atoms with E-state index in [9.17, 15) is 4.79 Å². The van der Waals surface area contributed by atoms with Crippen LogP contribution >= 0.6 is 23.5 Å². The summed E-state index contributed by atoms with van der Waals surface area (Å²) in [4.78, 5) is 13.2. The summed E-state index contributed by atoms with van der Waals surface area (Å²) < 4.78 is 5.56. The summed E-state index contributed by atoms with van der Waals surface area (Å²) in [5, 5.41) is 3.50. The van der Waals surface area contributed by atoms with Gasteiger partial charge in [-0.2, -0.15) is 23.5 Å². The topological polar surface area (TPSA) is 45.5 Å². The average Bonchev–Trinajstić information content (AvgIpc) is 2.71. The minimum Gasteiger partial charge on any atom is -0.455 e.